The van der Waals surface area contributed by atoms with Crippen molar-refractivity contribution in [1.29, 1.82) is 0 Å². The number of benzene rings is 1. The lowest BCUT2D eigenvalue weighted by Gasteiger charge is -2.36. The number of rotatable bonds is 7. The van der Waals surface area contributed by atoms with Crippen LogP contribution in [0.2, 0.25) is 0 Å². The minimum atomic E-state index is 0.165. The maximum absolute atomic E-state index is 5.87. The smallest absolute Gasteiger partial charge is 0.0347 e. The Labute approximate surface area is 119 Å². The number of hydrogen-bond donors (Lipinski definition) is 1. The van der Waals surface area contributed by atoms with Crippen LogP contribution in [0.5, 0.6) is 0 Å². The van der Waals surface area contributed by atoms with E-state index >= 15 is 0 Å². The van der Waals surface area contributed by atoms with Crippen LogP contribution in [0.1, 0.15) is 45.7 Å². The highest BCUT2D eigenvalue weighted by Crippen LogP contribution is 2.29. The van der Waals surface area contributed by atoms with Crippen LogP contribution in [0.25, 0.3) is 0 Å². The minimum absolute atomic E-state index is 0.165. The Bertz CT molecular complexity index is 357. The Morgan fingerprint density at radius 3 is 2.21 bits per heavy atom. The molecule has 2 nitrogen and oxygen atoms in total. The number of hydrogen-bond acceptors (Lipinski definition) is 2. The molecule has 108 valence electrons. The van der Waals surface area contributed by atoms with E-state index in [4.69, 9.17) is 5.73 Å². The van der Waals surface area contributed by atoms with Crippen LogP contribution < -0.4 is 5.73 Å². The van der Waals surface area contributed by atoms with E-state index in [0.29, 0.717) is 12.0 Å². The molecule has 0 fully saturated rings. The molecule has 0 saturated heterocycles. The molecule has 1 aromatic carbocycles. The molecule has 0 aliphatic heterocycles. The van der Waals surface area contributed by atoms with E-state index in [1.54, 1.807) is 0 Å². The van der Waals surface area contributed by atoms with Crippen molar-refractivity contribution in [1.82, 2.24) is 4.90 Å². The van der Waals surface area contributed by atoms with Crippen molar-refractivity contribution in [3.8, 4) is 0 Å². The fourth-order valence-electron chi connectivity index (χ4n) is 2.54. The molecule has 1 rings (SSSR count). The Hall–Kier alpha value is -0.860. The van der Waals surface area contributed by atoms with Gasteiger partial charge in [0.15, 0.2) is 0 Å². The third kappa shape index (κ3) is 5.33. The monoisotopic (exact) mass is 262 g/mol. The summed E-state index contributed by atoms with van der Waals surface area (Å²) in [7, 11) is 2.22. The van der Waals surface area contributed by atoms with Crippen molar-refractivity contribution in [3.63, 3.8) is 0 Å². The van der Waals surface area contributed by atoms with Gasteiger partial charge in [0.05, 0.1) is 0 Å². The maximum atomic E-state index is 5.87. The molecule has 0 heterocycles. The van der Waals surface area contributed by atoms with Crippen LogP contribution in [0.3, 0.4) is 0 Å². The highest BCUT2D eigenvalue weighted by molar-refractivity contribution is 5.19. The average molecular weight is 262 g/mol. The van der Waals surface area contributed by atoms with E-state index in [0.717, 1.165) is 13.1 Å². The topological polar surface area (TPSA) is 29.3 Å². The summed E-state index contributed by atoms with van der Waals surface area (Å²) in [6, 6.07) is 11.3. The van der Waals surface area contributed by atoms with E-state index < -0.39 is 0 Å². The average Bonchev–Trinajstić information content (AvgIpc) is 2.36. The second kappa shape index (κ2) is 7.06. The van der Waals surface area contributed by atoms with Gasteiger partial charge in [-0.1, -0.05) is 58.0 Å². The number of nitrogens with zero attached hydrogens (tertiary/aromatic N) is 1. The van der Waals surface area contributed by atoms with Gasteiger partial charge in [-0.25, -0.2) is 0 Å². The van der Waals surface area contributed by atoms with Gasteiger partial charge < -0.3 is 5.73 Å². The minimum Gasteiger partial charge on any atom is -0.330 e. The molecule has 1 unspecified atom stereocenters. The van der Waals surface area contributed by atoms with Crippen LogP contribution in [0.4, 0.5) is 0 Å². The van der Waals surface area contributed by atoms with E-state index in [-0.39, 0.29) is 5.41 Å². The molecule has 1 atom stereocenters. The molecule has 0 aliphatic carbocycles. The van der Waals surface area contributed by atoms with E-state index in [9.17, 15) is 0 Å². The van der Waals surface area contributed by atoms with Crippen LogP contribution in [-0.4, -0.2) is 25.0 Å². The predicted octanol–water partition coefficient (Wildman–Crippen LogP) is 3.69. The fourth-order valence-corrected chi connectivity index (χ4v) is 2.54. The molecule has 0 amide bonds. The quantitative estimate of drug-likeness (QED) is 0.812. The third-order valence-corrected chi connectivity index (χ3v) is 3.64. The van der Waals surface area contributed by atoms with Crippen molar-refractivity contribution < 1.29 is 0 Å². The second-order valence-corrected chi connectivity index (χ2v) is 6.84. The molecule has 0 radical (unpaired) electrons. The largest absolute Gasteiger partial charge is 0.330 e. The van der Waals surface area contributed by atoms with Gasteiger partial charge in [0, 0.05) is 12.6 Å². The molecule has 19 heavy (non-hydrogen) atoms. The summed E-state index contributed by atoms with van der Waals surface area (Å²) in [4.78, 5) is 2.46. The van der Waals surface area contributed by atoms with E-state index in [2.05, 4.69) is 70.0 Å². The summed E-state index contributed by atoms with van der Waals surface area (Å²) in [6.45, 7) is 10.8. The van der Waals surface area contributed by atoms with Crippen molar-refractivity contribution >= 4 is 0 Å². The van der Waals surface area contributed by atoms with E-state index in [1.165, 1.54) is 12.0 Å². The van der Waals surface area contributed by atoms with Crippen molar-refractivity contribution in [2.24, 2.45) is 17.1 Å². The van der Waals surface area contributed by atoms with E-state index in [1.807, 2.05) is 0 Å². The predicted molar refractivity (Wildman–Crippen MR) is 84.1 cm³/mol. The molecule has 0 spiro atoms. The Morgan fingerprint density at radius 1 is 1.16 bits per heavy atom. The zero-order valence-corrected chi connectivity index (χ0v) is 13.2. The first-order valence-corrected chi connectivity index (χ1v) is 7.31. The molecule has 2 heteroatoms. The second-order valence-electron chi connectivity index (χ2n) is 6.84. The highest BCUT2D eigenvalue weighted by atomic mass is 15.1. The zero-order valence-electron chi connectivity index (χ0n) is 13.2. The molecular formula is C17H30N2. The van der Waals surface area contributed by atoms with Crippen molar-refractivity contribution in [2.75, 3.05) is 20.1 Å². The summed E-state index contributed by atoms with van der Waals surface area (Å²) in [5.41, 5.74) is 7.44. The molecule has 0 saturated carbocycles. The number of nitrogens with two attached hydrogens (primary N) is 1. The summed E-state index contributed by atoms with van der Waals surface area (Å²) in [5.74, 6) is 0.689. The zero-order chi connectivity index (χ0) is 14.5. The van der Waals surface area contributed by atoms with Gasteiger partial charge >= 0.3 is 0 Å². The Morgan fingerprint density at radius 2 is 1.74 bits per heavy atom. The molecular weight excluding hydrogens is 232 g/mol. The summed E-state index contributed by atoms with van der Waals surface area (Å²) >= 11 is 0. The lowest BCUT2D eigenvalue weighted by Crippen LogP contribution is -2.39. The van der Waals surface area contributed by atoms with Gasteiger partial charge in [0.1, 0.15) is 0 Å². The van der Waals surface area contributed by atoms with Crippen molar-refractivity contribution in [3.05, 3.63) is 35.9 Å². The highest BCUT2D eigenvalue weighted by Gasteiger charge is 2.24. The first-order chi connectivity index (χ1) is 8.85. The van der Waals surface area contributed by atoms with Gasteiger partial charge in [-0.3, -0.25) is 4.90 Å². The summed E-state index contributed by atoms with van der Waals surface area (Å²) < 4.78 is 0. The fraction of sp³-hybridized carbons (Fsp3) is 0.647. The van der Waals surface area contributed by atoms with Gasteiger partial charge in [-0.15, -0.1) is 0 Å². The lowest BCUT2D eigenvalue weighted by atomic mass is 9.90. The SMILES string of the molecule is CC(C)CC(c1ccccc1)N(C)CC(C)(C)CN. The third-order valence-electron chi connectivity index (χ3n) is 3.64. The molecule has 0 aromatic heterocycles. The van der Waals surface area contributed by atoms with Crippen LogP contribution in [0, 0.1) is 11.3 Å². The molecule has 1 aromatic rings. The van der Waals surface area contributed by atoms with Gasteiger partial charge in [0.2, 0.25) is 0 Å². The standard InChI is InChI=1S/C17H30N2/c1-14(2)11-16(15-9-7-6-8-10-15)19(5)13-17(3,4)12-18/h6-10,14,16H,11-13,18H2,1-5H3. The molecule has 2 N–H and O–H groups in total. The molecule has 0 bridgehead atoms. The maximum Gasteiger partial charge on any atom is 0.0347 e. The van der Waals surface area contributed by atoms with Crippen LogP contribution in [-0.2, 0) is 0 Å². The summed E-state index contributed by atoms with van der Waals surface area (Å²) in [6.07, 6.45) is 1.18. The Balaban J connectivity index is 2.85. The normalized spacial score (nSPS) is 14.1. The van der Waals surface area contributed by atoms with Gasteiger partial charge in [0.25, 0.3) is 0 Å². The lowest BCUT2D eigenvalue weighted by molar-refractivity contribution is 0.149. The van der Waals surface area contributed by atoms with Crippen LogP contribution >= 0.6 is 0 Å². The Kier molecular flexibility index (Phi) is 6.02. The van der Waals surface area contributed by atoms with Gasteiger partial charge in [-0.05, 0) is 36.9 Å². The first kappa shape index (κ1) is 16.2. The molecule has 0 aliphatic rings. The summed E-state index contributed by atoms with van der Waals surface area (Å²) in [5, 5.41) is 0. The van der Waals surface area contributed by atoms with Crippen LogP contribution in [0.15, 0.2) is 30.3 Å². The first-order valence-electron chi connectivity index (χ1n) is 7.31. The van der Waals surface area contributed by atoms with Gasteiger partial charge in [-0.2, -0.15) is 0 Å². The van der Waals surface area contributed by atoms with Crippen molar-refractivity contribution in [2.45, 2.75) is 40.2 Å².